The molecule has 0 fully saturated rings. The van der Waals surface area contributed by atoms with Crippen molar-refractivity contribution in [3.8, 4) is 10.8 Å². The van der Waals surface area contributed by atoms with Crippen LogP contribution in [0, 0.1) is 5.41 Å². The summed E-state index contributed by atoms with van der Waals surface area (Å²) in [5, 5.41) is 9.18. The fourth-order valence-corrected chi connectivity index (χ4v) is 3.29. The van der Waals surface area contributed by atoms with Crippen molar-refractivity contribution < 1.29 is 9.53 Å². The molecule has 2 heterocycles. The fourth-order valence-electron chi connectivity index (χ4n) is 2.27. The quantitative estimate of drug-likeness (QED) is 0.412. The highest BCUT2D eigenvalue weighted by molar-refractivity contribution is 7.13. The van der Waals surface area contributed by atoms with Gasteiger partial charge in [0.1, 0.15) is 11.4 Å². The van der Waals surface area contributed by atoms with E-state index >= 15 is 0 Å². The molecule has 9 heteroatoms. The number of aromatic amines is 1. The zero-order valence-electron chi connectivity index (χ0n) is 13.3. The molecular weight excluding hydrogens is 362 g/mol. The zero-order valence-corrected chi connectivity index (χ0v) is 14.9. The number of carbonyl (C=O) groups is 1. The zero-order chi connectivity index (χ0) is 18.1. The Morgan fingerprint density at radius 3 is 2.80 bits per heavy atom. The average molecular weight is 378 g/mol. The maximum atomic E-state index is 12.3. The number of H-pyrrole nitrogens is 1. The number of fused-ring (bicyclic) bond motifs is 1. The van der Waals surface area contributed by atoms with Crippen molar-refractivity contribution in [3.05, 3.63) is 45.9 Å². The molecule has 0 saturated heterocycles. The van der Waals surface area contributed by atoms with Gasteiger partial charge in [0.2, 0.25) is 0 Å². The summed E-state index contributed by atoms with van der Waals surface area (Å²) >= 11 is 7.77. The number of hydrogen-bond acceptors (Lipinski definition) is 5. The minimum atomic E-state index is -0.423. The third-order valence-corrected chi connectivity index (χ3v) is 4.91. The Balaban J connectivity index is 1.93. The summed E-state index contributed by atoms with van der Waals surface area (Å²) < 4.78 is 5.81. The molecule has 7 nitrogen and oxygen atoms in total. The van der Waals surface area contributed by atoms with Crippen molar-refractivity contribution in [2.75, 3.05) is 7.05 Å². The third-order valence-electron chi connectivity index (χ3n) is 3.61. The van der Waals surface area contributed by atoms with Gasteiger partial charge < -0.3 is 21.2 Å². The van der Waals surface area contributed by atoms with E-state index < -0.39 is 5.91 Å². The Morgan fingerprint density at radius 1 is 1.40 bits per heavy atom. The summed E-state index contributed by atoms with van der Waals surface area (Å²) in [6, 6.07) is 8.82. The number of rotatable bonds is 4. The van der Waals surface area contributed by atoms with Crippen molar-refractivity contribution in [2.45, 2.75) is 6.54 Å². The van der Waals surface area contributed by atoms with E-state index in [-0.39, 0.29) is 11.7 Å². The van der Waals surface area contributed by atoms with E-state index in [1.54, 1.807) is 18.2 Å². The van der Waals surface area contributed by atoms with Gasteiger partial charge in [0.25, 0.3) is 5.91 Å². The molecule has 1 amide bonds. The number of ether oxygens (including phenoxy) is 1. The minimum absolute atomic E-state index is 0.285. The number of aromatic nitrogens is 1. The molecular formula is C16H16ClN5O2S. The van der Waals surface area contributed by atoms with E-state index in [1.807, 2.05) is 12.1 Å². The average Bonchev–Trinajstić information content (AvgIpc) is 3.20. The van der Waals surface area contributed by atoms with E-state index in [0.717, 1.165) is 9.78 Å². The van der Waals surface area contributed by atoms with Crippen LogP contribution in [0.15, 0.2) is 30.3 Å². The van der Waals surface area contributed by atoms with Gasteiger partial charge in [-0.1, -0.05) is 11.6 Å². The number of thiophene rings is 1. The van der Waals surface area contributed by atoms with Gasteiger partial charge in [-0.25, -0.2) is 0 Å². The van der Waals surface area contributed by atoms with Crippen LogP contribution in [0.5, 0.6) is 10.8 Å². The lowest BCUT2D eigenvalue weighted by molar-refractivity contribution is 0.0864. The maximum Gasteiger partial charge on any atom is 0.276 e. The van der Waals surface area contributed by atoms with Crippen LogP contribution < -0.4 is 16.2 Å². The van der Waals surface area contributed by atoms with E-state index in [2.05, 4.69) is 4.98 Å². The Hall–Kier alpha value is -2.55. The van der Waals surface area contributed by atoms with Gasteiger partial charge >= 0.3 is 0 Å². The molecule has 0 radical (unpaired) electrons. The maximum absolute atomic E-state index is 12.3. The molecule has 3 rings (SSSR count). The molecule has 2 aromatic heterocycles. The largest absolute Gasteiger partial charge is 0.447 e. The van der Waals surface area contributed by atoms with Gasteiger partial charge in [-0.2, -0.15) is 0 Å². The van der Waals surface area contributed by atoms with Crippen LogP contribution >= 0.6 is 22.9 Å². The normalized spacial score (nSPS) is 10.8. The summed E-state index contributed by atoms with van der Waals surface area (Å²) in [4.78, 5) is 17.3. The van der Waals surface area contributed by atoms with E-state index in [0.29, 0.717) is 33.3 Å². The monoisotopic (exact) mass is 377 g/mol. The lowest BCUT2D eigenvalue weighted by atomic mass is 10.2. The second-order valence-corrected chi connectivity index (χ2v) is 6.86. The van der Waals surface area contributed by atoms with Crippen LogP contribution in [0.25, 0.3) is 10.9 Å². The van der Waals surface area contributed by atoms with Crippen LogP contribution in [0.2, 0.25) is 5.02 Å². The van der Waals surface area contributed by atoms with Crippen molar-refractivity contribution in [1.82, 2.24) is 9.88 Å². The SMILES string of the molecule is CN(C(=N)N)C(=O)c1cc2c(Cl)cc(Oc3ccc(CN)s3)cc2[nH]1. The van der Waals surface area contributed by atoms with Crippen LogP contribution in [0.1, 0.15) is 15.4 Å². The first kappa shape index (κ1) is 17.3. The van der Waals surface area contributed by atoms with Crippen LogP contribution in [-0.2, 0) is 6.54 Å². The lowest BCUT2D eigenvalue weighted by Crippen LogP contribution is -2.38. The number of nitrogens with zero attached hydrogens (tertiary/aromatic N) is 1. The molecule has 0 aliphatic heterocycles. The van der Waals surface area contributed by atoms with Crippen LogP contribution in [0.4, 0.5) is 0 Å². The second kappa shape index (κ2) is 6.75. The number of hydrogen-bond donors (Lipinski definition) is 4. The lowest BCUT2D eigenvalue weighted by Gasteiger charge is -2.12. The molecule has 130 valence electrons. The predicted octanol–water partition coefficient (Wildman–Crippen LogP) is 3.10. The Morgan fingerprint density at radius 2 is 2.16 bits per heavy atom. The topological polar surface area (TPSA) is 121 Å². The number of benzene rings is 1. The number of nitrogens with two attached hydrogens (primary N) is 2. The number of nitrogens with one attached hydrogen (secondary N) is 2. The summed E-state index contributed by atoms with van der Waals surface area (Å²) in [6.45, 7) is 0.458. The van der Waals surface area contributed by atoms with Crippen molar-refractivity contribution in [1.29, 1.82) is 5.41 Å². The van der Waals surface area contributed by atoms with Gasteiger partial charge in [0.05, 0.1) is 10.5 Å². The van der Waals surface area contributed by atoms with Gasteiger partial charge in [0, 0.05) is 36.0 Å². The van der Waals surface area contributed by atoms with Gasteiger partial charge in [-0.3, -0.25) is 15.1 Å². The summed E-state index contributed by atoms with van der Waals surface area (Å²) in [6.07, 6.45) is 0. The molecule has 0 aliphatic carbocycles. The first-order chi connectivity index (χ1) is 11.9. The fraction of sp³-hybridized carbons (Fsp3) is 0.125. The van der Waals surface area contributed by atoms with E-state index in [1.165, 1.54) is 18.4 Å². The van der Waals surface area contributed by atoms with E-state index in [9.17, 15) is 4.79 Å². The highest BCUT2D eigenvalue weighted by Gasteiger charge is 2.18. The summed E-state index contributed by atoms with van der Waals surface area (Å²) in [7, 11) is 1.43. The highest BCUT2D eigenvalue weighted by atomic mass is 35.5. The van der Waals surface area contributed by atoms with Crippen molar-refractivity contribution >= 4 is 45.7 Å². The van der Waals surface area contributed by atoms with Crippen molar-refractivity contribution in [3.63, 3.8) is 0 Å². The van der Waals surface area contributed by atoms with Crippen molar-refractivity contribution in [2.24, 2.45) is 11.5 Å². The number of halogens is 1. The smallest absolute Gasteiger partial charge is 0.276 e. The Bertz CT molecular complexity index is 965. The van der Waals surface area contributed by atoms with Gasteiger partial charge in [0.15, 0.2) is 11.0 Å². The minimum Gasteiger partial charge on any atom is -0.447 e. The summed E-state index contributed by atoms with van der Waals surface area (Å²) in [5.74, 6) is -0.219. The first-order valence-electron chi connectivity index (χ1n) is 7.30. The molecule has 0 unspecified atom stereocenters. The number of amides is 1. The number of guanidine groups is 1. The molecule has 3 aromatic rings. The van der Waals surface area contributed by atoms with Gasteiger partial charge in [-0.05, 0) is 18.2 Å². The Kier molecular flexibility index (Phi) is 4.67. The molecule has 0 bridgehead atoms. The molecule has 1 aromatic carbocycles. The molecule has 0 saturated carbocycles. The first-order valence-corrected chi connectivity index (χ1v) is 8.49. The second-order valence-electron chi connectivity index (χ2n) is 5.33. The molecule has 6 N–H and O–H groups in total. The standard InChI is InChI=1S/C16H16ClN5O2S/c1-22(16(19)20)15(23)13-6-10-11(17)4-8(5-12(10)21-13)24-14-3-2-9(7-18)25-14/h2-6,21H,7,18H2,1H3,(H3,19,20). The van der Waals surface area contributed by atoms with Crippen LogP contribution in [0.3, 0.4) is 0 Å². The molecule has 0 aliphatic rings. The predicted molar refractivity (Wildman–Crippen MR) is 99.6 cm³/mol. The number of carbonyl (C=O) groups excluding carboxylic acids is 1. The summed E-state index contributed by atoms with van der Waals surface area (Å²) in [5.41, 5.74) is 11.9. The Labute approximate surface area is 152 Å². The van der Waals surface area contributed by atoms with Crippen LogP contribution in [-0.4, -0.2) is 28.8 Å². The van der Waals surface area contributed by atoms with Gasteiger partial charge in [-0.15, -0.1) is 11.3 Å². The molecule has 0 atom stereocenters. The van der Waals surface area contributed by atoms with E-state index in [4.69, 9.17) is 33.2 Å². The highest BCUT2D eigenvalue weighted by Crippen LogP contribution is 2.34. The third kappa shape index (κ3) is 3.46. The molecule has 25 heavy (non-hydrogen) atoms. The molecule has 0 spiro atoms.